The molecule has 0 saturated heterocycles. The fourth-order valence-corrected chi connectivity index (χ4v) is 5.34. The second-order valence-corrected chi connectivity index (χ2v) is 8.48. The van der Waals surface area contributed by atoms with E-state index in [1.807, 2.05) is 60.3 Å². The minimum Gasteiger partial charge on any atom is -0.497 e. The molecule has 0 fully saturated rings. The van der Waals surface area contributed by atoms with Gasteiger partial charge in [0.2, 0.25) is 0 Å². The van der Waals surface area contributed by atoms with Crippen molar-refractivity contribution in [3.8, 4) is 11.5 Å². The summed E-state index contributed by atoms with van der Waals surface area (Å²) in [5, 5.41) is 1.80. The summed E-state index contributed by atoms with van der Waals surface area (Å²) < 4.78 is 10.6. The molecule has 0 aliphatic carbocycles. The standard InChI is InChI=1S/C21H20N2O3S2/c1-22-16-7-5-14(25-3)11-18(16)27-20(22)9-13(24)10-21-23(2)17-8-6-15(26-4)12-19(17)28-21/h5-12H,1-4H3/b20-9-,21-10-. The van der Waals surface area contributed by atoms with E-state index in [1.165, 1.54) is 0 Å². The van der Waals surface area contributed by atoms with Gasteiger partial charge in [0, 0.05) is 36.0 Å². The van der Waals surface area contributed by atoms with Crippen molar-refractivity contribution in [1.82, 2.24) is 0 Å². The van der Waals surface area contributed by atoms with Gasteiger partial charge in [0.1, 0.15) is 11.5 Å². The van der Waals surface area contributed by atoms with Crippen molar-refractivity contribution in [2.75, 3.05) is 38.1 Å². The molecule has 2 heterocycles. The van der Waals surface area contributed by atoms with Gasteiger partial charge in [-0.2, -0.15) is 0 Å². The predicted octanol–water partition coefficient (Wildman–Crippen LogP) is 4.74. The summed E-state index contributed by atoms with van der Waals surface area (Å²) in [6.45, 7) is 0. The van der Waals surface area contributed by atoms with Crippen LogP contribution >= 0.6 is 23.5 Å². The molecular formula is C21H20N2O3S2. The van der Waals surface area contributed by atoms with E-state index in [0.717, 1.165) is 42.7 Å². The van der Waals surface area contributed by atoms with E-state index in [4.69, 9.17) is 9.47 Å². The van der Waals surface area contributed by atoms with Crippen molar-refractivity contribution in [2.45, 2.75) is 9.79 Å². The van der Waals surface area contributed by atoms with Crippen LogP contribution in [0.2, 0.25) is 0 Å². The summed E-state index contributed by atoms with van der Waals surface area (Å²) in [6, 6.07) is 11.9. The van der Waals surface area contributed by atoms with Gasteiger partial charge in [-0.05, 0) is 36.4 Å². The minimum absolute atomic E-state index is 0.0387. The van der Waals surface area contributed by atoms with Gasteiger partial charge < -0.3 is 19.3 Å². The van der Waals surface area contributed by atoms with Crippen molar-refractivity contribution >= 4 is 40.7 Å². The average molecular weight is 413 g/mol. The van der Waals surface area contributed by atoms with E-state index >= 15 is 0 Å². The number of hydrogen-bond donors (Lipinski definition) is 0. The molecule has 0 amide bonds. The maximum Gasteiger partial charge on any atom is 0.183 e. The topological polar surface area (TPSA) is 42.0 Å². The highest BCUT2D eigenvalue weighted by Crippen LogP contribution is 2.48. The van der Waals surface area contributed by atoms with Gasteiger partial charge in [-0.15, -0.1) is 0 Å². The molecule has 2 aliphatic rings. The summed E-state index contributed by atoms with van der Waals surface area (Å²) in [7, 11) is 7.24. The average Bonchev–Trinajstić information content (AvgIpc) is 3.17. The third-order valence-electron chi connectivity index (χ3n) is 4.68. The molecule has 0 aromatic heterocycles. The summed E-state index contributed by atoms with van der Waals surface area (Å²) in [6.07, 6.45) is 3.37. The minimum atomic E-state index is -0.0387. The maximum atomic E-state index is 12.7. The molecule has 0 radical (unpaired) electrons. The van der Waals surface area contributed by atoms with Crippen LogP contribution in [0.1, 0.15) is 0 Å². The van der Waals surface area contributed by atoms with Gasteiger partial charge >= 0.3 is 0 Å². The Hall–Kier alpha value is -2.51. The number of allylic oxidation sites excluding steroid dienone is 2. The number of ketones is 1. The third-order valence-corrected chi connectivity index (χ3v) is 6.97. The van der Waals surface area contributed by atoms with Crippen LogP contribution in [0.15, 0.2) is 68.4 Å². The first-order valence-electron chi connectivity index (χ1n) is 8.66. The first kappa shape index (κ1) is 18.8. The Morgan fingerprint density at radius 1 is 0.821 bits per heavy atom. The molecule has 2 aromatic rings. The molecule has 28 heavy (non-hydrogen) atoms. The lowest BCUT2D eigenvalue weighted by Gasteiger charge is -2.14. The molecule has 0 atom stereocenters. The van der Waals surface area contributed by atoms with Gasteiger partial charge in [0.05, 0.1) is 35.7 Å². The number of ether oxygens (including phenoxy) is 2. The Balaban J connectivity index is 1.54. The van der Waals surface area contributed by atoms with E-state index in [-0.39, 0.29) is 5.78 Å². The van der Waals surface area contributed by atoms with Crippen LogP contribution in [0.4, 0.5) is 11.4 Å². The van der Waals surface area contributed by atoms with Crippen molar-refractivity contribution in [1.29, 1.82) is 0 Å². The fourth-order valence-electron chi connectivity index (χ4n) is 3.10. The number of carbonyl (C=O) groups is 1. The summed E-state index contributed by atoms with van der Waals surface area (Å²) in [5.74, 6) is 1.58. The van der Waals surface area contributed by atoms with Crippen LogP contribution in [0.25, 0.3) is 0 Å². The van der Waals surface area contributed by atoms with Crippen LogP contribution in [0.3, 0.4) is 0 Å². The van der Waals surface area contributed by atoms with Crippen molar-refractivity contribution in [3.63, 3.8) is 0 Å². The highest BCUT2D eigenvalue weighted by Gasteiger charge is 2.25. The number of thioether (sulfide) groups is 2. The smallest absolute Gasteiger partial charge is 0.183 e. The van der Waals surface area contributed by atoms with Gasteiger partial charge in [-0.1, -0.05) is 23.5 Å². The zero-order chi connectivity index (χ0) is 19.8. The van der Waals surface area contributed by atoms with Gasteiger partial charge in [-0.3, -0.25) is 4.79 Å². The SMILES string of the molecule is COc1ccc2c(c1)S/C(=C\C(=O)/C=C1\Sc3cc(OC)ccc3N1C)N2C. The van der Waals surface area contributed by atoms with Crippen LogP contribution in [0, 0.1) is 0 Å². The molecule has 5 nitrogen and oxygen atoms in total. The van der Waals surface area contributed by atoms with E-state index in [1.54, 1.807) is 49.9 Å². The zero-order valence-corrected chi connectivity index (χ0v) is 17.7. The Morgan fingerprint density at radius 3 is 1.64 bits per heavy atom. The van der Waals surface area contributed by atoms with Gasteiger partial charge in [0.15, 0.2) is 5.78 Å². The highest BCUT2D eigenvalue weighted by atomic mass is 32.2. The van der Waals surface area contributed by atoms with Crippen molar-refractivity contribution < 1.29 is 14.3 Å². The first-order valence-corrected chi connectivity index (χ1v) is 10.3. The number of rotatable bonds is 4. The lowest BCUT2D eigenvalue weighted by molar-refractivity contribution is -0.110. The fraction of sp³-hybridized carbons (Fsp3) is 0.190. The predicted molar refractivity (Wildman–Crippen MR) is 116 cm³/mol. The van der Waals surface area contributed by atoms with Gasteiger partial charge in [-0.25, -0.2) is 0 Å². The Labute approximate surface area is 173 Å². The number of hydrogen-bond acceptors (Lipinski definition) is 7. The van der Waals surface area contributed by atoms with E-state index < -0.39 is 0 Å². The molecule has 4 rings (SSSR count). The molecule has 0 bridgehead atoms. The van der Waals surface area contributed by atoms with Crippen molar-refractivity contribution in [2.24, 2.45) is 0 Å². The lowest BCUT2D eigenvalue weighted by atomic mass is 10.2. The molecule has 144 valence electrons. The molecular weight excluding hydrogens is 392 g/mol. The summed E-state index contributed by atoms with van der Waals surface area (Å²) in [5.41, 5.74) is 2.15. The number of anilines is 2. The van der Waals surface area contributed by atoms with E-state index in [2.05, 4.69) is 0 Å². The van der Waals surface area contributed by atoms with Gasteiger partial charge in [0.25, 0.3) is 0 Å². The first-order chi connectivity index (χ1) is 13.5. The monoisotopic (exact) mass is 412 g/mol. The third kappa shape index (κ3) is 3.36. The summed E-state index contributed by atoms with van der Waals surface area (Å²) >= 11 is 3.15. The Bertz CT molecular complexity index is 937. The molecule has 7 heteroatoms. The van der Waals surface area contributed by atoms with Crippen LogP contribution in [-0.4, -0.2) is 34.1 Å². The van der Waals surface area contributed by atoms with Crippen LogP contribution in [0.5, 0.6) is 11.5 Å². The number of benzene rings is 2. The normalized spacial score (nSPS) is 17.9. The zero-order valence-electron chi connectivity index (χ0n) is 16.1. The second kappa shape index (κ2) is 7.48. The summed E-state index contributed by atoms with van der Waals surface area (Å²) in [4.78, 5) is 18.9. The van der Waals surface area contributed by atoms with E-state index in [9.17, 15) is 4.79 Å². The molecule has 2 aliphatic heterocycles. The van der Waals surface area contributed by atoms with Crippen LogP contribution < -0.4 is 19.3 Å². The molecule has 0 N–H and O–H groups in total. The molecule has 0 saturated carbocycles. The molecule has 0 spiro atoms. The highest BCUT2D eigenvalue weighted by molar-refractivity contribution is 8.04. The van der Waals surface area contributed by atoms with E-state index in [0.29, 0.717) is 0 Å². The number of methoxy groups -OCH3 is 2. The molecule has 0 unspecified atom stereocenters. The van der Waals surface area contributed by atoms with Crippen molar-refractivity contribution in [3.05, 3.63) is 58.6 Å². The maximum absolute atomic E-state index is 12.7. The Kier molecular flexibility index (Phi) is 5.03. The number of fused-ring (bicyclic) bond motifs is 2. The Morgan fingerprint density at radius 2 is 1.25 bits per heavy atom. The lowest BCUT2D eigenvalue weighted by Crippen LogP contribution is -2.12. The van der Waals surface area contributed by atoms with Crippen LogP contribution in [-0.2, 0) is 4.79 Å². The number of nitrogens with zero attached hydrogens (tertiary/aromatic N) is 2. The molecule has 2 aromatic carbocycles. The largest absolute Gasteiger partial charge is 0.497 e. The quantitative estimate of drug-likeness (QED) is 0.672. The number of carbonyl (C=O) groups excluding carboxylic acids is 1. The second-order valence-electron chi connectivity index (χ2n) is 6.36.